The first-order valence-corrected chi connectivity index (χ1v) is 8.34. The van der Waals surface area contributed by atoms with Gasteiger partial charge in [0.15, 0.2) is 0 Å². The largest absolute Gasteiger partial charge is 0.366 e. The third kappa shape index (κ3) is 4.66. The van der Waals surface area contributed by atoms with Gasteiger partial charge in [-0.3, -0.25) is 9.69 Å². The normalized spacial score (nSPS) is 19.8. The first-order chi connectivity index (χ1) is 11.7. The maximum Gasteiger partial charge on any atom is 0.250 e. The van der Waals surface area contributed by atoms with Gasteiger partial charge >= 0.3 is 0 Å². The van der Waals surface area contributed by atoms with E-state index in [1.807, 2.05) is 35.9 Å². The number of benzene rings is 1. The second kappa shape index (κ2) is 8.08. The van der Waals surface area contributed by atoms with E-state index < -0.39 is 6.10 Å². The van der Waals surface area contributed by atoms with E-state index in [9.17, 15) is 4.79 Å². The molecule has 1 aromatic heterocycles. The molecule has 1 fully saturated rings. The third-order valence-corrected chi connectivity index (χ3v) is 4.12. The highest BCUT2D eigenvalue weighted by atomic mass is 16.5. The summed E-state index contributed by atoms with van der Waals surface area (Å²) in [6, 6.07) is 10.3. The molecule has 24 heavy (non-hydrogen) atoms. The molecule has 1 saturated heterocycles. The van der Waals surface area contributed by atoms with E-state index in [1.165, 1.54) is 5.56 Å². The minimum absolute atomic E-state index is 0.0276. The molecule has 1 aliphatic rings. The van der Waals surface area contributed by atoms with Gasteiger partial charge in [0.2, 0.25) is 0 Å². The predicted molar refractivity (Wildman–Crippen MR) is 91.3 cm³/mol. The highest BCUT2D eigenvalue weighted by Crippen LogP contribution is 2.11. The zero-order valence-electron chi connectivity index (χ0n) is 14.0. The maximum absolute atomic E-state index is 12.4. The van der Waals surface area contributed by atoms with Gasteiger partial charge in [0.05, 0.1) is 12.9 Å². The average Bonchev–Trinajstić information content (AvgIpc) is 3.09. The Morgan fingerprint density at radius 3 is 3.00 bits per heavy atom. The number of amides is 1. The molecule has 6 heteroatoms. The number of hydrogen-bond donors (Lipinski definition) is 1. The second-order valence-electron chi connectivity index (χ2n) is 6.25. The van der Waals surface area contributed by atoms with Crippen molar-refractivity contribution >= 4 is 5.91 Å². The van der Waals surface area contributed by atoms with Crippen LogP contribution in [0.1, 0.15) is 12.5 Å². The lowest BCUT2D eigenvalue weighted by molar-refractivity contribution is -0.139. The van der Waals surface area contributed by atoms with Gasteiger partial charge in [-0.2, -0.15) is 0 Å². The second-order valence-corrected chi connectivity index (χ2v) is 6.25. The number of rotatable bonds is 6. The highest BCUT2D eigenvalue weighted by molar-refractivity contribution is 5.81. The van der Waals surface area contributed by atoms with Gasteiger partial charge in [-0.05, 0) is 12.5 Å². The Morgan fingerprint density at radius 1 is 1.42 bits per heavy atom. The van der Waals surface area contributed by atoms with Crippen LogP contribution in [-0.4, -0.2) is 52.2 Å². The van der Waals surface area contributed by atoms with Crippen LogP contribution in [0.4, 0.5) is 0 Å². The molecular formula is C18H24N4O2. The van der Waals surface area contributed by atoms with Crippen LogP contribution in [-0.2, 0) is 22.6 Å². The molecule has 1 N–H and O–H groups in total. The van der Waals surface area contributed by atoms with Gasteiger partial charge in [0, 0.05) is 44.6 Å². The van der Waals surface area contributed by atoms with E-state index in [1.54, 1.807) is 12.5 Å². The van der Waals surface area contributed by atoms with Crippen molar-refractivity contribution in [2.24, 2.45) is 0 Å². The summed E-state index contributed by atoms with van der Waals surface area (Å²) < 4.78 is 7.62. The summed E-state index contributed by atoms with van der Waals surface area (Å²) in [5.74, 6) is -0.0413. The molecule has 2 aromatic rings. The molecule has 3 rings (SSSR count). The van der Waals surface area contributed by atoms with Gasteiger partial charge in [-0.15, -0.1) is 0 Å². The number of hydrogen-bond acceptors (Lipinski definition) is 4. The molecule has 2 atom stereocenters. The molecule has 0 saturated carbocycles. The Labute approximate surface area is 142 Å². The fourth-order valence-electron chi connectivity index (χ4n) is 2.94. The molecule has 128 valence electrons. The molecule has 1 aromatic carbocycles. The molecule has 2 unspecified atom stereocenters. The summed E-state index contributed by atoms with van der Waals surface area (Å²) >= 11 is 0. The Kier molecular flexibility index (Phi) is 5.61. The van der Waals surface area contributed by atoms with E-state index in [2.05, 4.69) is 27.3 Å². The molecule has 0 aliphatic carbocycles. The predicted octanol–water partition coefficient (Wildman–Crippen LogP) is 1.29. The van der Waals surface area contributed by atoms with Gasteiger partial charge in [0.1, 0.15) is 6.10 Å². The van der Waals surface area contributed by atoms with E-state index in [-0.39, 0.29) is 11.9 Å². The van der Waals surface area contributed by atoms with Gasteiger partial charge in [-0.1, -0.05) is 30.3 Å². The van der Waals surface area contributed by atoms with Crippen LogP contribution in [0.3, 0.4) is 0 Å². The van der Waals surface area contributed by atoms with Crippen molar-refractivity contribution in [2.75, 3.05) is 19.7 Å². The van der Waals surface area contributed by atoms with E-state index in [0.717, 1.165) is 13.1 Å². The van der Waals surface area contributed by atoms with Crippen molar-refractivity contribution in [2.45, 2.75) is 32.2 Å². The molecule has 0 bridgehead atoms. The molecule has 0 spiro atoms. The fourth-order valence-corrected chi connectivity index (χ4v) is 2.94. The summed E-state index contributed by atoms with van der Waals surface area (Å²) in [6.07, 6.45) is 4.97. The van der Waals surface area contributed by atoms with E-state index in [4.69, 9.17) is 4.74 Å². The van der Waals surface area contributed by atoms with Gasteiger partial charge in [0.25, 0.3) is 5.91 Å². The lowest BCUT2D eigenvalue weighted by Gasteiger charge is -2.32. The number of aromatic nitrogens is 2. The van der Waals surface area contributed by atoms with Crippen molar-refractivity contribution in [1.82, 2.24) is 19.8 Å². The van der Waals surface area contributed by atoms with Crippen molar-refractivity contribution in [3.05, 3.63) is 54.6 Å². The quantitative estimate of drug-likeness (QED) is 0.868. The van der Waals surface area contributed by atoms with Crippen molar-refractivity contribution in [3.63, 3.8) is 0 Å². The Hall–Kier alpha value is -2.18. The van der Waals surface area contributed by atoms with Crippen LogP contribution in [0.25, 0.3) is 0 Å². The molecule has 6 nitrogen and oxygen atoms in total. The monoisotopic (exact) mass is 328 g/mol. The van der Waals surface area contributed by atoms with Crippen LogP contribution in [0, 0.1) is 0 Å². The van der Waals surface area contributed by atoms with Gasteiger partial charge < -0.3 is 14.6 Å². The Bertz CT molecular complexity index is 630. The number of ether oxygens (including phenoxy) is 1. The molecule has 2 heterocycles. The number of nitrogens with zero attached hydrogens (tertiary/aromatic N) is 3. The molecule has 0 radical (unpaired) electrons. The van der Waals surface area contributed by atoms with E-state index >= 15 is 0 Å². The molecule has 1 amide bonds. The van der Waals surface area contributed by atoms with Crippen molar-refractivity contribution in [1.29, 1.82) is 0 Å². The SMILES string of the molecule is CC(Cn1ccnc1)NC(=O)C1CN(Cc2ccccc2)CCO1. The maximum atomic E-state index is 12.4. The van der Waals surface area contributed by atoms with Crippen LogP contribution < -0.4 is 5.32 Å². The summed E-state index contributed by atoms with van der Waals surface area (Å²) in [6.45, 7) is 5.59. The molecular weight excluding hydrogens is 304 g/mol. The zero-order chi connectivity index (χ0) is 16.8. The van der Waals surface area contributed by atoms with Gasteiger partial charge in [-0.25, -0.2) is 4.98 Å². The Morgan fingerprint density at radius 2 is 2.25 bits per heavy atom. The first kappa shape index (κ1) is 16.7. The average molecular weight is 328 g/mol. The van der Waals surface area contributed by atoms with Crippen molar-refractivity contribution in [3.8, 4) is 0 Å². The van der Waals surface area contributed by atoms with Crippen LogP contribution in [0.15, 0.2) is 49.1 Å². The number of carbonyl (C=O) groups is 1. The lowest BCUT2D eigenvalue weighted by Crippen LogP contribution is -2.51. The number of morpholine rings is 1. The Balaban J connectivity index is 1.49. The van der Waals surface area contributed by atoms with Crippen LogP contribution in [0.5, 0.6) is 0 Å². The van der Waals surface area contributed by atoms with E-state index in [0.29, 0.717) is 19.7 Å². The number of nitrogens with one attached hydrogen (secondary N) is 1. The van der Waals surface area contributed by atoms with Crippen molar-refractivity contribution < 1.29 is 9.53 Å². The number of imidazole rings is 1. The minimum atomic E-state index is -0.410. The molecule has 1 aliphatic heterocycles. The highest BCUT2D eigenvalue weighted by Gasteiger charge is 2.27. The lowest BCUT2D eigenvalue weighted by atomic mass is 10.2. The summed E-state index contributed by atoms with van der Waals surface area (Å²) in [5, 5.41) is 3.03. The standard InChI is InChI=1S/C18H24N4O2/c1-15(11-22-8-7-19-14-22)20-18(23)17-13-21(9-10-24-17)12-16-5-3-2-4-6-16/h2-8,14-15,17H,9-13H2,1H3,(H,20,23). The third-order valence-electron chi connectivity index (χ3n) is 4.12. The summed E-state index contributed by atoms with van der Waals surface area (Å²) in [7, 11) is 0. The summed E-state index contributed by atoms with van der Waals surface area (Å²) in [5.41, 5.74) is 1.26. The minimum Gasteiger partial charge on any atom is -0.366 e. The first-order valence-electron chi connectivity index (χ1n) is 8.34. The fraction of sp³-hybridized carbons (Fsp3) is 0.444. The summed E-state index contributed by atoms with van der Waals surface area (Å²) in [4.78, 5) is 18.7. The van der Waals surface area contributed by atoms with Crippen LogP contribution in [0.2, 0.25) is 0 Å². The topological polar surface area (TPSA) is 59.4 Å². The number of carbonyl (C=O) groups excluding carboxylic acids is 1. The smallest absolute Gasteiger partial charge is 0.250 e. The van der Waals surface area contributed by atoms with Crippen LogP contribution >= 0.6 is 0 Å². The zero-order valence-corrected chi connectivity index (χ0v) is 14.0.